The van der Waals surface area contributed by atoms with Crippen LogP contribution >= 0.6 is 0 Å². The molecule has 0 amide bonds. The topological polar surface area (TPSA) is 89.9 Å². The number of phenolic OH excluding ortho intramolecular Hbond substituents is 2. The Hall–Kier alpha value is -3.28. The van der Waals surface area contributed by atoms with Crippen LogP contribution in [0.5, 0.6) is 11.5 Å². The van der Waals surface area contributed by atoms with Gasteiger partial charge in [0.25, 0.3) is 0 Å². The van der Waals surface area contributed by atoms with Gasteiger partial charge in [-0.25, -0.2) is 9.98 Å². The van der Waals surface area contributed by atoms with Crippen molar-refractivity contribution >= 4 is 23.1 Å². The van der Waals surface area contributed by atoms with Crippen LogP contribution < -0.4 is 0 Å². The largest absolute Gasteiger partial charge is 0.507 e. The monoisotopic (exact) mass is 538 g/mol. The van der Waals surface area contributed by atoms with Gasteiger partial charge in [-0.1, -0.05) is 63.8 Å². The summed E-state index contributed by atoms with van der Waals surface area (Å²) in [5.74, 6) is 1.57. The minimum absolute atomic E-state index is 0.0159. The van der Waals surface area contributed by atoms with Gasteiger partial charge in [0.15, 0.2) is 11.7 Å². The van der Waals surface area contributed by atoms with Gasteiger partial charge in [0, 0.05) is 22.3 Å². The average molecular weight is 539 g/mol. The Labute approximate surface area is 238 Å². The third-order valence-corrected chi connectivity index (χ3v) is 9.86. The molecule has 2 aromatic carbocycles. The zero-order valence-electron chi connectivity index (χ0n) is 24.8. The summed E-state index contributed by atoms with van der Waals surface area (Å²) in [5, 5.41) is 23.0. The van der Waals surface area contributed by atoms with Crippen molar-refractivity contribution in [1.82, 2.24) is 0 Å². The van der Waals surface area contributed by atoms with Crippen molar-refractivity contribution in [3.8, 4) is 11.5 Å². The molecule has 2 saturated carbocycles. The van der Waals surface area contributed by atoms with Crippen molar-refractivity contribution < 1.29 is 10.2 Å². The molecule has 0 saturated heterocycles. The maximum atomic E-state index is 11.5. The average Bonchev–Trinajstić information content (AvgIpc) is 3.66. The lowest BCUT2D eigenvalue weighted by atomic mass is 9.78. The van der Waals surface area contributed by atoms with Crippen LogP contribution in [0.25, 0.3) is 0 Å². The smallest absolute Gasteiger partial charge is 0.194 e. The molecule has 2 N–H and O–H groups in total. The molecule has 2 aromatic rings. The SMILES string of the molecule is CC1(C)N=C(C2=NC(C)(C)C(c3cccc(C4(C)CCCC4)c3O)=N2)N=C1c1cccc(C2(C)CCCC2)c1O. The number of nitrogens with zero attached hydrogens (tertiary/aromatic N) is 4. The fraction of sp³-hybridized carbons (Fsp3) is 0.529. The quantitative estimate of drug-likeness (QED) is 0.415. The van der Waals surface area contributed by atoms with E-state index >= 15 is 0 Å². The zero-order chi connectivity index (χ0) is 28.5. The van der Waals surface area contributed by atoms with Crippen molar-refractivity contribution in [3.63, 3.8) is 0 Å². The molecule has 4 aliphatic rings. The molecule has 0 spiro atoms. The number of benzene rings is 2. The second-order valence-corrected chi connectivity index (χ2v) is 13.8. The molecule has 0 radical (unpaired) electrons. The van der Waals surface area contributed by atoms with E-state index in [0.717, 1.165) is 59.4 Å². The second-order valence-electron chi connectivity index (χ2n) is 13.8. The first kappa shape index (κ1) is 26.9. The first-order chi connectivity index (χ1) is 18.8. The van der Waals surface area contributed by atoms with E-state index in [-0.39, 0.29) is 10.8 Å². The van der Waals surface area contributed by atoms with Crippen molar-refractivity contribution in [2.45, 2.75) is 115 Å². The Kier molecular flexibility index (Phi) is 6.14. The van der Waals surface area contributed by atoms with Crippen LogP contribution in [-0.2, 0) is 10.8 Å². The van der Waals surface area contributed by atoms with Gasteiger partial charge in [-0.15, -0.1) is 0 Å². The Morgan fingerprint density at radius 1 is 0.550 bits per heavy atom. The van der Waals surface area contributed by atoms with Gasteiger partial charge in [-0.3, -0.25) is 9.98 Å². The number of aromatic hydroxyl groups is 2. The molecule has 6 heteroatoms. The maximum absolute atomic E-state index is 11.5. The van der Waals surface area contributed by atoms with E-state index in [0.29, 0.717) is 23.2 Å². The van der Waals surface area contributed by atoms with Gasteiger partial charge < -0.3 is 10.2 Å². The van der Waals surface area contributed by atoms with Gasteiger partial charge in [0.05, 0.1) is 11.4 Å². The van der Waals surface area contributed by atoms with E-state index in [1.165, 1.54) is 25.7 Å². The van der Waals surface area contributed by atoms with E-state index < -0.39 is 11.1 Å². The zero-order valence-corrected chi connectivity index (χ0v) is 24.8. The third-order valence-electron chi connectivity index (χ3n) is 9.86. The molecule has 2 aliphatic carbocycles. The number of hydrogen-bond acceptors (Lipinski definition) is 6. The fourth-order valence-electron chi connectivity index (χ4n) is 7.44. The minimum Gasteiger partial charge on any atom is -0.507 e. The van der Waals surface area contributed by atoms with Crippen LogP contribution in [0.3, 0.4) is 0 Å². The lowest BCUT2D eigenvalue weighted by Crippen LogP contribution is -2.28. The second kappa shape index (κ2) is 9.12. The van der Waals surface area contributed by atoms with Gasteiger partial charge in [0.2, 0.25) is 0 Å². The van der Waals surface area contributed by atoms with Gasteiger partial charge >= 0.3 is 0 Å². The summed E-state index contributed by atoms with van der Waals surface area (Å²) >= 11 is 0. The van der Waals surface area contributed by atoms with E-state index in [4.69, 9.17) is 20.0 Å². The standard InChI is InChI=1S/C34H42N4O2/c1-31(2)27(21-13-11-15-23(25(21)39)33(5)17-7-8-18-33)35-29(37-31)30-36-28(32(3,4)38-30)22-14-12-16-24(26(22)40)34(6)19-9-10-20-34/h11-16,39-40H,7-10,17-20H2,1-6H3. The summed E-state index contributed by atoms with van der Waals surface area (Å²) in [6, 6.07) is 12.1. The van der Waals surface area contributed by atoms with Crippen molar-refractivity contribution in [2.24, 2.45) is 20.0 Å². The number of para-hydroxylation sites is 2. The number of hydrogen-bond donors (Lipinski definition) is 2. The van der Waals surface area contributed by atoms with E-state index in [9.17, 15) is 10.2 Å². The summed E-state index contributed by atoms with van der Waals surface area (Å²) < 4.78 is 0. The summed E-state index contributed by atoms with van der Waals surface area (Å²) in [6.45, 7) is 12.6. The molecule has 2 heterocycles. The van der Waals surface area contributed by atoms with E-state index in [1.54, 1.807) is 0 Å². The Morgan fingerprint density at radius 3 is 1.25 bits per heavy atom. The normalized spacial score (nSPS) is 24.1. The predicted octanol–water partition coefficient (Wildman–Crippen LogP) is 7.42. The molecule has 6 rings (SSSR count). The summed E-state index contributed by atoms with van der Waals surface area (Å²) in [4.78, 5) is 19.8. The van der Waals surface area contributed by atoms with Crippen LogP contribution in [0.2, 0.25) is 0 Å². The lowest BCUT2D eigenvalue weighted by Gasteiger charge is -2.27. The van der Waals surface area contributed by atoms with Crippen LogP contribution in [-0.4, -0.2) is 44.4 Å². The van der Waals surface area contributed by atoms with Gasteiger partial charge in [-0.05, 0) is 76.3 Å². The molecule has 6 nitrogen and oxygen atoms in total. The highest BCUT2D eigenvalue weighted by Crippen LogP contribution is 2.47. The Morgan fingerprint density at radius 2 is 0.900 bits per heavy atom. The molecule has 210 valence electrons. The van der Waals surface area contributed by atoms with Crippen LogP contribution in [0, 0.1) is 0 Å². The highest BCUT2D eigenvalue weighted by molar-refractivity contribution is 6.48. The number of aliphatic imine (C=N–C) groups is 4. The molecule has 2 aliphatic heterocycles. The maximum Gasteiger partial charge on any atom is 0.194 e. The van der Waals surface area contributed by atoms with Crippen molar-refractivity contribution in [1.29, 1.82) is 0 Å². The van der Waals surface area contributed by atoms with Gasteiger partial charge in [-0.2, -0.15) is 0 Å². The highest BCUT2D eigenvalue weighted by atomic mass is 16.3. The molecular weight excluding hydrogens is 496 g/mol. The molecule has 40 heavy (non-hydrogen) atoms. The number of rotatable bonds is 5. The summed E-state index contributed by atoms with van der Waals surface area (Å²) in [5.41, 5.74) is 3.59. The van der Waals surface area contributed by atoms with E-state index in [1.807, 2.05) is 52.0 Å². The first-order valence-electron chi connectivity index (χ1n) is 14.9. The molecule has 0 aromatic heterocycles. The number of phenols is 2. The number of amidine groups is 2. The van der Waals surface area contributed by atoms with Crippen LogP contribution in [0.15, 0.2) is 56.4 Å². The summed E-state index contributed by atoms with van der Waals surface area (Å²) in [7, 11) is 0. The van der Waals surface area contributed by atoms with Gasteiger partial charge in [0.1, 0.15) is 22.6 Å². The van der Waals surface area contributed by atoms with E-state index in [2.05, 4.69) is 26.0 Å². The van der Waals surface area contributed by atoms with Crippen molar-refractivity contribution in [3.05, 3.63) is 58.7 Å². The highest BCUT2D eigenvalue weighted by Gasteiger charge is 2.42. The van der Waals surface area contributed by atoms with Crippen molar-refractivity contribution in [2.75, 3.05) is 0 Å². The summed E-state index contributed by atoms with van der Waals surface area (Å²) in [6.07, 6.45) is 9.08. The molecular formula is C34H42N4O2. The minimum atomic E-state index is -0.647. The predicted molar refractivity (Wildman–Crippen MR) is 164 cm³/mol. The third kappa shape index (κ3) is 4.22. The van der Waals surface area contributed by atoms with Crippen LogP contribution in [0.1, 0.15) is 115 Å². The Balaban J connectivity index is 1.38. The fourth-order valence-corrected chi connectivity index (χ4v) is 7.44. The lowest BCUT2D eigenvalue weighted by molar-refractivity contribution is 0.421. The molecule has 0 unspecified atom stereocenters. The molecule has 0 atom stereocenters. The van der Waals surface area contributed by atoms with Crippen LogP contribution in [0.4, 0.5) is 0 Å². The molecule has 0 bridgehead atoms. The first-order valence-corrected chi connectivity index (χ1v) is 14.9. The molecule has 2 fully saturated rings. The Bertz CT molecular complexity index is 1380.